The van der Waals surface area contributed by atoms with Crippen LogP contribution in [0.2, 0.25) is 0 Å². The van der Waals surface area contributed by atoms with E-state index in [0.717, 1.165) is 10.7 Å². The quantitative estimate of drug-likeness (QED) is 0.696. The number of aromatic nitrogens is 2. The number of nitrogens with one attached hydrogen (secondary N) is 1. The predicted octanol–water partition coefficient (Wildman–Crippen LogP) is 0.243. The zero-order chi connectivity index (χ0) is 9.68. The molecule has 0 aliphatic carbocycles. The van der Waals surface area contributed by atoms with Gasteiger partial charge in [-0.2, -0.15) is 5.26 Å². The van der Waals surface area contributed by atoms with Crippen LogP contribution in [0.4, 0.5) is 0 Å². The molecule has 0 aromatic carbocycles. The van der Waals surface area contributed by atoms with E-state index >= 15 is 0 Å². The molecule has 0 spiro atoms. The lowest BCUT2D eigenvalue weighted by Crippen LogP contribution is -2.23. The van der Waals surface area contributed by atoms with Crippen molar-refractivity contribution in [1.29, 1.82) is 5.26 Å². The normalized spacial score (nSPS) is 12.9. The maximum atomic E-state index is 8.47. The topological polar surface area (TPSA) is 52.5 Å². The lowest BCUT2D eigenvalue weighted by molar-refractivity contribution is 1.05. The zero-order valence-electron chi connectivity index (χ0n) is 7.54. The van der Waals surface area contributed by atoms with Gasteiger partial charge in [-0.25, -0.2) is 4.98 Å². The molecule has 1 heterocycles. The minimum Gasteiger partial charge on any atom is -0.341 e. The van der Waals surface area contributed by atoms with Crippen molar-refractivity contribution >= 4 is 12.2 Å². The van der Waals surface area contributed by atoms with E-state index in [4.69, 9.17) is 5.26 Å². The molecule has 0 aliphatic heterocycles. The summed E-state index contributed by atoms with van der Waals surface area (Å²) in [7, 11) is 0. The minimum absolute atomic E-state index is 0.311. The summed E-state index contributed by atoms with van der Waals surface area (Å²) >= 11 is 0. The molecule has 0 bridgehead atoms. The van der Waals surface area contributed by atoms with E-state index in [2.05, 4.69) is 16.5 Å². The number of allylic oxidation sites excluding steroid dienone is 1. The van der Waals surface area contributed by atoms with Gasteiger partial charge in [0.2, 0.25) is 0 Å². The number of aromatic amines is 1. The Hall–Kier alpha value is -1.82. The van der Waals surface area contributed by atoms with Crippen molar-refractivity contribution in [2.45, 2.75) is 13.3 Å². The van der Waals surface area contributed by atoms with Crippen molar-refractivity contribution in [2.75, 3.05) is 0 Å². The van der Waals surface area contributed by atoms with Crippen LogP contribution in [-0.4, -0.2) is 9.97 Å². The summed E-state index contributed by atoms with van der Waals surface area (Å²) in [6.45, 7) is 5.51. The SMILES string of the molecule is C=C/C=c1/[nH]c(CC#N)n/c1=C/C. The Kier molecular flexibility index (Phi) is 3.04. The highest BCUT2D eigenvalue weighted by Gasteiger charge is 1.95. The van der Waals surface area contributed by atoms with E-state index in [1.165, 1.54) is 0 Å². The van der Waals surface area contributed by atoms with Gasteiger partial charge in [-0.3, -0.25) is 0 Å². The monoisotopic (exact) mass is 173 g/mol. The van der Waals surface area contributed by atoms with Crippen LogP contribution in [-0.2, 0) is 6.42 Å². The molecule has 3 nitrogen and oxygen atoms in total. The molecule has 1 aromatic heterocycles. The lowest BCUT2D eigenvalue weighted by atomic mass is 10.4. The number of imidazole rings is 1. The van der Waals surface area contributed by atoms with Gasteiger partial charge >= 0.3 is 0 Å². The molecule has 1 rings (SSSR count). The summed E-state index contributed by atoms with van der Waals surface area (Å²) in [5.41, 5.74) is 0. The first-order valence-corrected chi connectivity index (χ1v) is 4.02. The maximum absolute atomic E-state index is 8.47. The summed E-state index contributed by atoms with van der Waals surface area (Å²) in [6.07, 6.45) is 5.73. The number of H-pyrrole nitrogens is 1. The number of nitrogens with zero attached hydrogens (tertiary/aromatic N) is 2. The molecule has 1 aromatic rings. The molecule has 13 heavy (non-hydrogen) atoms. The molecule has 0 aliphatic rings. The lowest BCUT2D eigenvalue weighted by Gasteiger charge is -1.79. The van der Waals surface area contributed by atoms with Gasteiger partial charge in [-0.15, -0.1) is 0 Å². The fourth-order valence-corrected chi connectivity index (χ4v) is 1.08. The van der Waals surface area contributed by atoms with Crippen LogP contribution < -0.4 is 10.7 Å². The second-order valence-corrected chi connectivity index (χ2v) is 2.51. The number of rotatable bonds is 2. The number of hydrogen-bond donors (Lipinski definition) is 1. The zero-order valence-corrected chi connectivity index (χ0v) is 7.54. The van der Waals surface area contributed by atoms with E-state index in [1.807, 2.05) is 25.1 Å². The molecule has 0 radical (unpaired) electrons. The average molecular weight is 173 g/mol. The van der Waals surface area contributed by atoms with Crippen molar-refractivity contribution in [3.05, 3.63) is 29.2 Å². The standard InChI is InChI=1S/C10H11N3/c1-3-5-9-8(4-2)12-10(13-9)6-7-11/h3-5H,1,6H2,2H3,(H,12,13)/b8-4+,9-5+. The van der Waals surface area contributed by atoms with Crippen molar-refractivity contribution in [3.63, 3.8) is 0 Å². The summed E-state index contributed by atoms with van der Waals surface area (Å²) < 4.78 is 0. The van der Waals surface area contributed by atoms with Gasteiger partial charge in [0.15, 0.2) is 0 Å². The van der Waals surface area contributed by atoms with Crippen LogP contribution in [0.3, 0.4) is 0 Å². The molecule has 1 N–H and O–H groups in total. The third-order valence-electron chi connectivity index (χ3n) is 1.61. The molecule has 0 saturated carbocycles. The van der Waals surface area contributed by atoms with E-state index in [9.17, 15) is 0 Å². The van der Waals surface area contributed by atoms with Crippen LogP contribution in [0.15, 0.2) is 12.7 Å². The fourth-order valence-electron chi connectivity index (χ4n) is 1.08. The minimum atomic E-state index is 0.311. The largest absolute Gasteiger partial charge is 0.341 e. The van der Waals surface area contributed by atoms with Crippen LogP contribution in [0.25, 0.3) is 12.2 Å². The first-order valence-electron chi connectivity index (χ1n) is 4.02. The Balaban J connectivity index is 3.30. The highest BCUT2D eigenvalue weighted by Crippen LogP contribution is 1.80. The smallest absolute Gasteiger partial charge is 0.121 e. The Bertz CT molecular complexity index is 445. The van der Waals surface area contributed by atoms with Crippen molar-refractivity contribution in [1.82, 2.24) is 9.97 Å². The van der Waals surface area contributed by atoms with Gasteiger partial charge in [-0.1, -0.05) is 18.7 Å². The second kappa shape index (κ2) is 4.27. The Morgan fingerprint density at radius 3 is 3.00 bits per heavy atom. The predicted molar refractivity (Wildman–Crippen MR) is 52.0 cm³/mol. The molecule has 0 atom stereocenters. The molecular weight excluding hydrogens is 162 g/mol. The highest BCUT2D eigenvalue weighted by molar-refractivity contribution is 5.34. The van der Waals surface area contributed by atoms with Crippen molar-refractivity contribution < 1.29 is 0 Å². The van der Waals surface area contributed by atoms with Gasteiger partial charge < -0.3 is 4.98 Å². The first kappa shape index (κ1) is 9.27. The van der Waals surface area contributed by atoms with Crippen molar-refractivity contribution in [2.24, 2.45) is 0 Å². The van der Waals surface area contributed by atoms with Crippen LogP contribution >= 0.6 is 0 Å². The number of hydrogen-bond acceptors (Lipinski definition) is 2. The van der Waals surface area contributed by atoms with E-state index in [-0.39, 0.29) is 0 Å². The summed E-state index contributed by atoms with van der Waals surface area (Å²) in [6, 6.07) is 2.04. The van der Waals surface area contributed by atoms with Crippen LogP contribution in [0.1, 0.15) is 12.7 Å². The Morgan fingerprint density at radius 2 is 2.46 bits per heavy atom. The van der Waals surface area contributed by atoms with Crippen molar-refractivity contribution in [3.8, 4) is 6.07 Å². The Labute approximate surface area is 76.7 Å². The van der Waals surface area contributed by atoms with Gasteiger partial charge in [0.25, 0.3) is 0 Å². The third kappa shape index (κ3) is 2.06. The van der Waals surface area contributed by atoms with Gasteiger partial charge in [0.1, 0.15) is 5.82 Å². The molecule has 0 unspecified atom stereocenters. The van der Waals surface area contributed by atoms with E-state index < -0.39 is 0 Å². The summed E-state index contributed by atoms with van der Waals surface area (Å²) in [5, 5.41) is 10.2. The summed E-state index contributed by atoms with van der Waals surface area (Å²) in [5.74, 6) is 0.698. The molecule has 0 fully saturated rings. The van der Waals surface area contributed by atoms with E-state index in [1.54, 1.807) is 6.08 Å². The first-order chi connectivity index (χ1) is 6.31. The molecule has 0 saturated heterocycles. The molecule has 66 valence electrons. The third-order valence-corrected chi connectivity index (χ3v) is 1.61. The van der Waals surface area contributed by atoms with Gasteiger partial charge in [0, 0.05) is 0 Å². The molecular formula is C10H11N3. The van der Waals surface area contributed by atoms with E-state index in [0.29, 0.717) is 12.2 Å². The van der Waals surface area contributed by atoms with Crippen LogP contribution in [0.5, 0.6) is 0 Å². The maximum Gasteiger partial charge on any atom is 0.121 e. The Morgan fingerprint density at radius 1 is 1.69 bits per heavy atom. The fraction of sp³-hybridized carbons (Fsp3) is 0.200. The van der Waals surface area contributed by atoms with Gasteiger partial charge in [0.05, 0.1) is 23.2 Å². The molecule has 3 heteroatoms. The van der Waals surface area contributed by atoms with Gasteiger partial charge in [-0.05, 0) is 13.0 Å². The summed E-state index contributed by atoms with van der Waals surface area (Å²) in [4.78, 5) is 7.27. The number of nitriles is 1. The average Bonchev–Trinajstić information content (AvgIpc) is 2.49. The molecule has 0 amide bonds. The highest BCUT2D eigenvalue weighted by atomic mass is 14.9. The second-order valence-electron chi connectivity index (χ2n) is 2.51. The van der Waals surface area contributed by atoms with Crippen LogP contribution in [0, 0.1) is 11.3 Å².